The molecule has 1 N–H and O–H groups in total. The number of imide groups is 1. The van der Waals surface area contributed by atoms with E-state index in [-0.39, 0.29) is 62.5 Å². The molecule has 0 aromatic rings. The molecule has 3 saturated heterocycles. The van der Waals surface area contributed by atoms with Crippen LogP contribution in [-0.2, 0) is 28.5 Å². The minimum atomic E-state index is -0.289. The molecule has 3 atom stereocenters. The van der Waals surface area contributed by atoms with Crippen molar-refractivity contribution in [2.75, 3.05) is 20.2 Å². The fourth-order valence-corrected chi connectivity index (χ4v) is 2.69. The lowest BCUT2D eigenvalue weighted by Crippen LogP contribution is -2.57. The molecule has 3 aliphatic rings. The highest BCUT2D eigenvalue weighted by atomic mass is 16.7. The molecule has 3 rings (SSSR count). The zero-order chi connectivity index (χ0) is 12.5. The monoisotopic (exact) mass is 257 g/mol. The van der Waals surface area contributed by atoms with Crippen molar-refractivity contribution in [3.05, 3.63) is 0 Å². The molecule has 0 aromatic carbocycles. The summed E-state index contributed by atoms with van der Waals surface area (Å²) in [5.41, 5.74) is 0. The Balaban J connectivity index is 1.73. The number of amides is 2. The SMILES string of the molecule is O=C1CC([C@H]2OCO[C@@H]3COCO[C@@H]23)CC(=O)N1. The van der Waals surface area contributed by atoms with Gasteiger partial charge in [-0.15, -0.1) is 0 Å². The molecule has 3 aliphatic heterocycles. The normalized spacial score (nSPS) is 38.1. The van der Waals surface area contributed by atoms with Crippen LogP contribution in [0.25, 0.3) is 0 Å². The van der Waals surface area contributed by atoms with Crippen LogP contribution in [0.15, 0.2) is 0 Å². The van der Waals surface area contributed by atoms with Crippen molar-refractivity contribution in [3.63, 3.8) is 0 Å². The zero-order valence-corrected chi connectivity index (χ0v) is 9.79. The summed E-state index contributed by atoms with van der Waals surface area (Å²) in [7, 11) is 0. The number of hydrogen-bond acceptors (Lipinski definition) is 6. The summed E-state index contributed by atoms with van der Waals surface area (Å²) in [6.45, 7) is 0.791. The van der Waals surface area contributed by atoms with Gasteiger partial charge in [0.25, 0.3) is 0 Å². The number of fused-ring (bicyclic) bond motifs is 1. The Kier molecular flexibility index (Phi) is 3.29. The molecule has 7 nitrogen and oxygen atoms in total. The number of carbonyl (C=O) groups excluding carboxylic acids is 2. The summed E-state index contributed by atoms with van der Waals surface area (Å²) in [6, 6.07) is 0. The summed E-state index contributed by atoms with van der Waals surface area (Å²) in [5.74, 6) is -0.661. The first-order valence-electron chi connectivity index (χ1n) is 5.99. The maximum atomic E-state index is 11.4. The van der Waals surface area contributed by atoms with Crippen LogP contribution < -0.4 is 5.32 Å². The molecule has 0 spiro atoms. The van der Waals surface area contributed by atoms with Crippen LogP contribution in [0.4, 0.5) is 0 Å². The molecule has 7 heteroatoms. The lowest BCUT2D eigenvalue weighted by atomic mass is 9.86. The second kappa shape index (κ2) is 4.93. The Bertz CT molecular complexity index is 341. The van der Waals surface area contributed by atoms with Gasteiger partial charge < -0.3 is 18.9 Å². The van der Waals surface area contributed by atoms with Crippen molar-refractivity contribution < 1.29 is 28.5 Å². The van der Waals surface area contributed by atoms with E-state index < -0.39 is 0 Å². The Morgan fingerprint density at radius 1 is 0.944 bits per heavy atom. The molecular weight excluding hydrogens is 242 g/mol. The fraction of sp³-hybridized carbons (Fsp3) is 0.818. The number of nitrogens with one attached hydrogen (secondary N) is 1. The van der Waals surface area contributed by atoms with E-state index in [1.165, 1.54) is 0 Å². The number of hydrogen-bond donors (Lipinski definition) is 1. The summed E-state index contributed by atoms with van der Waals surface area (Å²) >= 11 is 0. The van der Waals surface area contributed by atoms with Gasteiger partial charge in [-0.2, -0.15) is 0 Å². The lowest BCUT2D eigenvalue weighted by Gasteiger charge is -2.43. The van der Waals surface area contributed by atoms with Gasteiger partial charge >= 0.3 is 0 Å². The number of piperidine rings is 1. The first-order chi connectivity index (χ1) is 8.74. The van der Waals surface area contributed by atoms with Gasteiger partial charge in [-0.05, 0) is 0 Å². The average molecular weight is 257 g/mol. The average Bonchev–Trinajstić information content (AvgIpc) is 2.37. The van der Waals surface area contributed by atoms with E-state index >= 15 is 0 Å². The number of ether oxygens (including phenoxy) is 4. The van der Waals surface area contributed by atoms with Crippen LogP contribution in [0.1, 0.15) is 12.8 Å². The predicted molar refractivity (Wildman–Crippen MR) is 56.2 cm³/mol. The van der Waals surface area contributed by atoms with Crippen molar-refractivity contribution in [1.82, 2.24) is 5.32 Å². The van der Waals surface area contributed by atoms with Crippen LogP contribution in [0.3, 0.4) is 0 Å². The highest BCUT2D eigenvalue weighted by Crippen LogP contribution is 2.30. The third-order valence-corrected chi connectivity index (χ3v) is 3.50. The van der Waals surface area contributed by atoms with Crippen molar-refractivity contribution in [2.24, 2.45) is 5.92 Å². The van der Waals surface area contributed by atoms with Crippen LogP contribution in [0.2, 0.25) is 0 Å². The molecule has 0 aliphatic carbocycles. The third-order valence-electron chi connectivity index (χ3n) is 3.50. The second-order valence-electron chi connectivity index (χ2n) is 4.71. The third kappa shape index (κ3) is 2.26. The maximum absolute atomic E-state index is 11.4. The van der Waals surface area contributed by atoms with Crippen LogP contribution in [0, 0.1) is 5.92 Å². The summed E-state index contributed by atoms with van der Waals surface area (Å²) < 4.78 is 21.6. The van der Waals surface area contributed by atoms with Gasteiger partial charge in [0.2, 0.25) is 11.8 Å². The molecule has 3 heterocycles. The number of rotatable bonds is 1. The Morgan fingerprint density at radius 3 is 2.44 bits per heavy atom. The summed E-state index contributed by atoms with van der Waals surface area (Å²) in [5, 5.41) is 2.29. The van der Waals surface area contributed by atoms with E-state index in [0.29, 0.717) is 6.61 Å². The van der Waals surface area contributed by atoms with Gasteiger partial charge in [0.1, 0.15) is 25.8 Å². The van der Waals surface area contributed by atoms with Gasteiger partial charge in [-0.1, -0.05) is 0 Å². The van der Waals surface area contributed by atoms with Crippen molar-refractivity contribution >= 4 is 11.8 Å². The van der Waals surface area contributed by atoms with Crippen LogP contribution in [-0.4, -0.2) is 50.3 Å². The van der Waals surface area contributed by atoms with Crippen LogP contribution >= 0.6 is 0 Å². The van der Waals surface area contributed by atoms with Crippen LogP contribution in [0.5, 0.6) is 0 Å². The Labute approximate surface area is 104 Å². The minimum absolute atomic E-state index is 0.144. The number of carbonyl (C=O) groups is 2. The molecular formula is C11H15NO6. The first kappa shape index (κ1) is 12.0. The van der Waals surface area contributed by atoms with Gasteiger partial charge in [0, 0.05) is 18.8 Å². The van der Waals surface area contributed by atoms with Crippen molar-refractivity contribution in [1.29, 1.82) is 0 Å². The quantitative estimate of drug-likeness (QED) is 0.616. The predicted octanol–water partition coefficient (Wildman–Crippen LogP) is -0.846. The highest BCUT2D eigenvalue weighted by molar-refractivity contribution is 5.97. The fourth-order valence-electron chi connectivity index (χ4n) is 2.69. The molecule has 100 valence electrons. The van der Waals surface area contributed by atoms with Gasteiger partial charge in [-0.3, -0.25) is 14.9 Å². The first-order valence-corrected chi connectivity index (χ1v) is 5.99. The standard InChI is InChI=1S/C11H15NO6/c13-8-1-6(2-9(14)12-8)10-11-7(16-5-18-10)3-15-4-17-11/h6-7,10-11H,1-5H2,(H,12,13,14)/t7-,10-,11-/m1/s1. The van der Waals surface area contributed by atoms with E-state index in [1.54, 1.807) is 0 Å². The van der Waals surface area contributed by atoms with E-state index in [9.17, 15) is 9.59 Å². The molecule has 0 bridgehead atoms. The van der Waals surface area contributed by atoms with E-state index in [4.69, 9.17) is 18.9 Å². The molecule has 0 radical (unpaired) electrons. The lowest BCUT2D eigenvalue weighted by molar-refractivity contribution is -0.309. The van der Waals surface area contributed by atoms with E-state index in [2.05, 4.69) is 5.32 Å². The Morgan fingerprint density at radius 2 is 1.67 bits per heavy atom. The van der Waals surface area contributed by atoms with Crippen molar-refractivity contribution in [3.8, 4) is 0 Å². The van der Waals surface area contributed by atoms with E-state index in [0.717, 1.165) is 0 Å². The summed E-state index contributed by atoms with van der Waals surface area (Å²) in [4.78, 5) is 22.8. The zero-order valence-electron chi connectivity index (χ0n) is 9.79. The van der Waals surface area contributed by atoms with Gasteiger partial charge in [0.15, 0.2) is 0 Å². The maximum Gasteiger partial charge on any atom is 0.226 e. The molecule has 18 heavy (non-hydrogen) atoms. The smallest absolute Gasteiger partial charge is 0.226 e. The van der Waals surface area contributed by atoms with Gasteiger partial charge in [0.05, 0.1) is 12.7 Å². The highest BCUT2D eigenvalue weighted by Gasteiger charge is 2.44. The molecule has 0 saturated carbocycles. The van der Waals surface area contributed by atoms with Crippen molar-refractivity contribution in [2.45, 2.75) is 31.2 Å². The molecule has 3 fully saturated rings. The molecule has 0 unspecified atom stereocenters. The van der Waals surface area contributed by atoms with E-state index in [1.807, 2.05) is 0 Å². The molecule has 0 aromatic heterocycles. The Hall–Kier alpha value is -1.02. The largest absolute Gasteiger partial charge is 0.353 e. The minimum Gasteiger partial charge on any atom is -0.353 e. The van der Waals surface area contributed by atoms with Gasteiger partial charge in [-0.25, -0.2) is 0 Å². The topological polar surface area (TPSA) is 83.1 Å². The second-order valence-corrected chi connectivity index (χ2v) is 4.71. The summed E-state index contributed by atoms with van der Waals surface area (Å²) in [6.07, 6.45) is -0.176. The molecule has 2 amide bonds.